The van der Waals surface area contributed by atoms with Gasteiger partial charge in [0, 0.05) is 10.1 Å². The normalized spacial score (nSPS) is 10.1. The minimum absolute atomic E-state index is 0.120. The second-order valence-electron chi connectivity index (χ2n) is 5.09. The maximum Gasteiger partial charge on any atom is 0.262 e. The van der Waals surface area contributed by atoms with Gasteiger partial charge in [0.15, 0.2) is 6.61 Å². The van der Waals surface area contributed by atoms with Gasteiger partial charge in [0.25, 0.3) is 11.8 Å². The molecule has 0 spiro atoms. The zero-order valence-electron chi connectivity index (χ0n) is 13.3. The first-order valence-corrected chi connectivity index (χ1v) is 8.73. The summed E-state index contributed by atoms with van der Waals surface area (Å²) < 4.78 is 6.54. The Morgan fingerprint density at radius 2 is 1.79 bits per heavy atom. The topological polar surface area (TPSA) is 67.4 Å². The van der Waals surface area contributed by atoms with Crippen molar-refractivity contribution in [2.45, 2.75) is 13.3 Å². The van der Waals surface area contributed by atoms with E-state index in [-0.39, 0.29) is 18.4 Å². The number of carbonyl (C=O) groups excluding carboxylic acids is 2. The quantitative estimate of drug-likeness (QED) is 0.651. The summed E-state index contributed by atoms with van der Waals surface area (Å²) in [6, 6.07) is 14.3. The lowest BCUT2D eigenvalue weighted by Gasteiger charge is -2.11. The molecule has 5 nitrogen and oxygen atoms in total. The molecule has 0 aliphatic rings. The number of nitrogens with one attached hydrogen (secondary N) is 2. The highest BCUT2D eigenvalue weighted by atomic mass is 127. The van der Waals surface area contributed by atoms with Crippen molar-refractivity contribution in [1.82, 2.24) is 5.32 Å². The Bertz CT molecular complexity index is 702. The van der Waals surface area contributed by atoms with Gasteiger partial charge in [0.1, 0.15) is 5.75 Å². The molecule has 2 aromatic carbocycles. The van der Waals surface area contributed by atoms with Crippen LogP contribution in [0, 0.1) is 3.57 Å². The summed E-state index contributed by atoms with van der Waals surface area (Å²) in [7, 11) is 0. The zero-order valence-corrected chi connectivity index (χ0v) is 15.5. The van der Waals surface area contributed by atoms with E-state index in [0.717, 1.165) is 9.99 Å². The first-order chi connectivity index (χ1) is 11.6. The van der Waals surface area contributed by atoms with Gasteiger partial charge >= 0.3 is 0 Å². The average Bonchev–Trinajstić information content (AvgIpc) is 2.59. The lowest BCUT2D eigenvalue weighted by molar-refractivity contribution is -0.118. The first kappa shape index (κ1) is 18.3. The van der Waals surface area contributed by atoms with Gasteiger partial charge in [-0.1, -0.05) is 19.1 Å². The van der Waals surface area contributed by atoms with Crippen molar-refractivity contribution in [2.75, 3.05) is 18.5 Å². The number of para-hydroxylation sites is 1. The number of benzene rings is 2. The van der Waals surface area contributed by atoms with E-state index in [1.54, 1.807) is 36.4 Å². The summed E-state index contributed by atoms with van der Waals surface area (Å²) in [6.45, 7) is 2.46. The summed E-state index contributed by atoms with van der Waals surface area (Å²) in [5.41, 5.74) is 0.913. The predicted octanol–water partition coefficient (Wildman–Crippen LogP) is 3.45. The van der Waals surface area contributed by atoms with E-state index >= 15 is 0 Å². The molecule has 126 valence electrons. The maximum absolute atomic E-state index is 12.1. The van der Waals surface area contributed by atoms with Crippen molar-refractivity contribution in [2.24, 2.45) is 0 Å². The smallest absolute Gasteiger partial charge is 0.262 e. The van der Waals surface area contributed by atoms with Crippen LogP contribution in [0.2, 0.25) is 0 Å². The standard InChI is InChI=1S/C18H19IN2O3/c1-2-11-20-18(23)15-5-3-4-6-16(15)21-17(22)12-24-14-9-7-13(19)8-10-14/h3-10H,2,11-12H2,1H3,(H,20,23)(H,21,22). The highest BCUT2D eigenvalue weighted by Crippen LogP contribution is 2.16. The Balaban J connectivity index is 1.96. The molecule has 2 aromatic rings. The predicted molar refractivity (Wildman–Crippen MR) is 102 cm³/mol. The maximum atomic E-state index is 12.1. The van der Waals surface area contributed by atoms with Gasteiger partial charge < -0.3 is 15.4 Å². The summed E-state index contributed by atoms with van der Waals surface area (Å²) in [5.74, 6) is 0.107. The molecule has 2 amide bonds. The third-order valence-electron chi connectivity index (χ3n) is 3.16. The molecule has 6 heteroatoms. The SMILES string of the molecule is CCCNC(=O)c1ccccc1NC(=O)COc1ccc(I)cc1. The van der Waals surface area contributed by atoms with E-state index in [4.69, 9.17) is 4.74 Å². The summed E-state index contributed by atoms with van der Waals surface area (Å²) in [4.78, 5) is 24.2. The molecule has 24 heavy (non-hydrogen) atoms. The fourth-order valence-electron chi connectivity index (χ4n) is 1.99. The Morgan fingerprint density at radius 3 is 2.50 bits per heavy atom. The molecule has 0 heterocycles. The van der Waals surface area contributed by atoms with Crippen molar-refractivity contribution < 1.29 is 14.3 Å². The molecular formula is C18H19IN2O3. The number of anilines is 1. The van der Waals surface area contributed by atoms with Crippen LogP contribution in [0.25, 0.3) is 0 Å². The third-order valence-corrected chi connectivity index (χ3v) is 3.88. The fourth-order valence-corrected chi connectivity index (χ4v) is 2.35. The van der Waals surface area contributed by atoms with Crippen LogP contribution in [-0.2, 0) is 4.79 Å². The lowest BCUT2D eigenvalue weighted by atomic mass is 10.1. The Kier molecular flexibility index (Phi) is 7.05. The Hall–Kier alpha value is -2.09. The molecule has 0 saturated carbocycles. The summed E-state index contributed by atoms with van der Waals surface area (Å²) in [6.07, 6.45) is 0.851. The van der Waals surface area contributed by atoms with Crippen molar-refractivity contribution in [3.8, 4) is 5.75 Å². The molecule has 0 fully saturated rings. The summed E-state index contributed by atoms with van der Waals surface area (Å²) >= 11 is 2.20. The van der Waals surface area contributed by atoms with E-state index in [1.165, 1.54) is 0 Å². The molecule has 2 rings (SSSR count). The molecule has 0 radical (unpaired) electrons. The van der Waals surface area contributed by atoms with Crippen molar-refractivity contribution >= 4 is 40.1 Å². The van der Waals surface area contributed by atoms with Crippen LogP contribution in [0.15, 0.2) is 48.5 Å². The molecule has 0 aliphatic heterocycles. The molecule has 0 unspecified atom stereocenters. The van der Waals surface area contributed by atoms with Crippen LogP contribution in [0.4, 0.5) is 5.69 Å². The van der Waals surface area contributed by atoms with Crippen LogP contribution in [-0.4, -0.2) is 25.0 Å². The second kappa shape index (κ2) is 9.27. The minimum Gasteiger partial charge on any atom is -0.484 e. The number of ether oxygens (including phenoxy) is 1. The second-order valence-corrected chi connectivity index (χ2v) is 6.34. The molecule has 2 N–H and O–H groups in total. The largest absolute Gasteiger partial charge is 0.484 e. The molecule has 0 aromatic heterocycles. The molecule has 0 bridgehead atoms. The van der Waals surface area contributed by atoms with E-state index in [2.05, 4.69) is 33.2 Å². The van der Waals surface area contributed by atoms with Gasteiger partial charge in [0.05, 0.1) is 11.3 Å². The number of hydrogen-bond acceptors (Lipinski definition) is 3. The van der Waals surface area contributed by atoms with Gasteiger partial charge in [-0.2, -0.15) is 0 Å². The number of carbonyl (C=O) groups is 2. The van der Waals surface area contributed by atoms with Crippen LogP contribution < -0.4 is 15.4 Å². The van der Waals surface area contributed by atoms with Crippen molar-refractivity contribution in [3.63, 3.8) is 0 Å². The number of hydrogen-bond donors (Lipinski definition) is 2. The van der Waals surface area contributed by atoms with E-state index in [1.807, 2.05) is 19.1 Å². The minimum atomic E-state index is -0.315. The van der Waals surface area contributed by atoms with Gasteiger partial charge in [-0.15, -0.1) is 0 Å². The van der Waals surface area contributed by atoms with Crippen LogP contribution >= 0.6 is 22.6 Å². The zero-order chi connectivity index (χ0) is 17.4. The molecule has 0 aliphatic carbocycles. The number of rotatable bonds is 7. The van der Waals surface area contributed by atoms with Crippen molar-refractivity contribution in [3.05, 3.63) is 57.7 Å². The van der Waals surface area contributed by atoms with E-state index < -0.39 is 0 Å². The molecular weight excluding hydrogens is 419 g/mol. The van der Waals surface area contributed by atoms with Gasteiger partial charge in [-0.3, -0.25) is 9.59 Å². The number of amides is 2. The van der Waals surface area contributed by atoms with Crippen LogP contribution in [0.5, 0.6) is 5.75 Å². The van der Waals surface area contributed by atoms with E-state index in [0.29, 0.717) is 23.5 Å². The highest BCUT2D eigenvalue weighted by Gasteiger charge is 2.12. The van der Waals surface area contributed by atoms with Crippen LogP contribution in [0.3, 0.4) is 0 Å². The first-order valence-electron chi connectivity index (χ1n) is 7.65. The Morgan fingerprint density at radius 1 is 1.08 bits per heavy atom. The lowest BCUT2D eigenvalue weighted by Crippen LogP contribution is -2.27. The summed E-state index contributed by atoms with van der Waals surface area (Å²) in [5, 5.41) is 5.53. The van der Waals surface area contributed by atoms with Gasteiger partial charge in [0.2, 0.25) is 0 Å². The highest BCUT2D eigenvalue weighted by molar-refractivity contribution is 14.1. The number of halogens is 1. The monoisotopic (exact) mass is 438 g/mol. The van der Waals surface area contributed by atoms with Crippen LogP contribution in [0.1, 0.15) is 23.7 Å². The molecule has 0 saturated heterocycles. The van der Waals surface area contributed by atoms with E-state index in [9.17, 15) is 9.59 Å². The van der Waals surface area contributed by atoms with Gasteiger partial charge in [-0.25, -0.2) is 0 Å². The third kappa shape index (κ3) is 5.52. The van der Waals surface area contributed by atoms with Crippen molar-refractivity contribution in [1.29, 1.82) is 0 Å². The van der Waals surface area contributed by atoms with Gasteiger partial charge in [-0.05, 0) is 65.4 Å². The Labute approximate surface area is 154 Å². The average molecular weight is 438 g/mol. The fraction of sp³-hybridized carbons (Fsp3) is 0.222. The molecule has 0 atom stereocenters.